The van der Waals surface area contributed by atoms with Crippen LogP contribution in [-0.2, 0) is 11.2 Å². The number of carbonyl (C=O) groups excluding carboxylic acids is 1. The molecule has 0 aliphatic rings. The number of carbonyl (C=O) groups is 1. The minimum atomic E-state index is -1.03. The maximum atomic E-state index is 11.9. The number of hydrogen-bond acceptors (Lipinski definition) is 7. The van der Waals surface area contributed by atoms with E-state index in [-0.39, 0.29) is 12.0 Å². The van der Waals surface area contributed by atoms with Crippen LogP contribution in [0.25, 0.3) is 0 Å². The lowest BCUT2D eigenvalue weighted by Gasteiger charge is -2.10. The van der Waals surface area contributed by atoms with E-state index in [2.05, 4.69) is 10.5 Å². The van der Waals surface area contributed by atoms with Crippen molar-refractivity contribution < 1.29 is 19.7 Å². The van der Waals surface area contributed by atoms with Gasteiger partial charge in [0.05, 0.1) is 28.5 Å². The average molecular weight is 343 g/mol. The summed E-state index contributed by atoms with van der Waals surface area (Å²) in [4.78, 5) is 31.4. The summed E-state index contributed by atoms with van der Waals surface area (Å²) in [5, 5.41) is 37.0. The van der Waals surface area contributed by atoms with Crippen LogP contribution in [0, 0.1) is 20.2 Å². The van der Waals surface area contributed by atoms with E-state index < -0.39 is 32.9 Å². The smallest absolute Gasteiger partial charge is 0.276 e. The zero-order valence-corrected chi connectivity index (χ0v) is 12.6. The molecule has 25 heavy (non-hydrogen) atoms. The molecule has 0 aliphatic carbocycles. The van der Waals surface area contributed by atoms with Gasteiger partial charge in [-0.1, -0.05) is 30.3 Å². The van der Waals surface area contributed by atoms with Crippen LogP contribution in [0.1, 0.15) is 11.1 Å². The number of nitrogens with one attached hydrogen (secondary N) is 1. The standard InChI is InChI=1S/C15H12N4O6/c20-14(6-10-4-2-1-3-5-10)17-16-9-11-7-12(18(22)23)8-13(15(11)21)19(24)25/h1-5,7-9,21H,6H2,(H,17,20)/p-1/b16-9-. The minimum absolute atomic E-state index is 0.0392. The van der Waals surface area contributed by atoms with Crippen LogP contribution in [0.15, 0.2) is 47.6 Å². The van der Waals surface area contributed by atoms with Crippen LogP contribution in [0.5, 0.6) is 5.75 Å². The third kappa shape index (κ3) is 4.58. The van der Waals surface area contributed by atoms with Crippen LogP contribution in [-0.4, -0.2) is 22.0 Å². The molecule has 10 nitrogen and oxygen atoms in total. The number of amides is 1. The highest BCUT2D eigenvalue weighted by atomic mass is 16.6. The molecule has 0 atom stereocenters. The summed E-state index contributed by atoms with van der Waals surface area (Å²) in [6, 6.07) is 10.2. The van der Waals surface area contributed by atoms with E-state index >= 15 is 0 Å². The molecule has 0 aliphatic heterocycles. The highest BCUT2D eigenvalue weighted by Gasteiger charge is 2.18. The zero-order valence-electron chi connectivity index (χ0n) is 12.6. The molecule has 0 heterocycles. The van der Waals surface area contributed by atoms with Crippen molar-refractivity contribution in [1.82, 2.24) is 5.43 Å². The predicted molar refractivity (Wildman–Crippen MR) is 85.1 cm³/mol. The Balaban J connectivity index is 2.15. The second-order valence-electron chi connectivity index (χ2n) is 4.85. The number of rotatable bonds is 6. The van der Waals surface area contributed by atoms with E-state index in [9.17, 15) is 30.1 Å². The number of non-ortho nitro benzene ring substituents is 1. The van der Waals surface area contributed by atoms with Gasteiger partial charge in [-0.05, 0) is 11.3 Å². The van der Waals surface area contributed by atoms with Gasteiger partial charge in [0.25, 0.3) is 11.4 Å². The van der Waals surface area contributed by atoms with Gasteiger partial charge in [-0.25, -0.2) is 5.43 Å². The van der Waals surface area contributed by atoms with E-state index in [0.717, 1.165) is 17.8 Å². The van der Waals surface area contributed by atoms with Crippen LogP contribution in [0.3, 0.4) is 0 Å². The third-order valence-corrected chi connectivity index (χ3v) is 3.09. The molecule has 0 aromatic heterocycles. The summed E-state index contributed by atoms with van der Waals surface area (Å²) in [6.07, 6.45) is 0.878. The Morgan fingerprint density at radius 3 is 2.40 bits per heavy atom. The first-order chi connectivity index (χ1) is 11.9. The van der Waals surface area contributed by atoms with Crippen molar-refractivity contribution in [2.75, 3.05) is 0 Å². The molecule has 0 saturated carbocycles. The maximum Gasteiger partial charge on any atom is 0.276 e. The highest BCUT2D eigenvalue weighted by Crippen LogP contribution is 2.31. The predicted octanol–water partition coefficient (Wildman–Crippen LogP) is 1.27. The minimum Gasteiger partial charge on any atom is -0.867 e. The first-order valence-corrected chi connectivity index (χ1v) is 6.88. The fraction of sp³-hybridized carbons (Fsp3) is 0.0667. The largest absolute Gasteiger partial charge is 0.867 e. The Morgan fingerprint density at radius 2 is 1.80 bits per heavy atom. The van der Waals surface area contributed by atoms with Gasteiger partial charge < -0.3 is 5.11 Å². The number of nitro benzene ring substituents is 2. The topological polar surface area (TPSA) is 151 Å². The molecule has 0 spiro atoms. The molecule has 2 rings (SSSR count). The molecule has 0 radical (unpaired) electrons. The van der Waals surface area contributed by atoms with Gasteiger partial charge in [-0.2, -0.15) is 5.10 Å². The van der Waals surface area contributed by atoms with E-state index in [1.54, 1.807) is 30.3 Å². The maximum absolute atomic E-state index is 11.9. The van der Waals surface area contributed by atoms with Crippen molar-refractivity contribution in [3.8, 4) is 5.75 Å². The SMILES string of the molecule is O=C(Cc1ccccc1)N/N=C\c1cc([N+](=O)[O-])cc([N+](=O)[O-])c1[O-]. The highest BCUT2D eigenvalue weighted by molar-refractivity contribution is 5.88. The summed E-state index contributed by atoms with van der Waals surface area (Å²) in [6.45, 7) is 0. The Hall–Kier alpha value is -3.82. The van der Waals surface area contributed by atoms with Crippen molar-refractivity contribution in [3.63, 3.8) is 0 Å². The van der Waals surface area contributed by atoms with Crippen LogP contribution < -0.4 is 10.5 Å². The van der Waals surface area contributed by atoms with Gasteiger partial charge in [0.15, 0.2) is 0 Å². The molecule has 1 amide bonds. The molecule has 0 fully saturated rings. The number of hydrazone groups is 1. The van der Waals surface area contributed by atoms with Crippen molar-refractivity contribution in [3.05, 3.63) is 73.8 Å². The summed E-state index contributed by atoms with van der Waals surface area (Å²) in [5.41, 5.74) is 0.963. The first-order valence-electron chi connectivity index (χ1n) is 6.88. The quantitative estimate of drug-likeness (QED) is 0.474. The molecule has 0 unspecified atom stereocenters. The molecule has 1 N–H and O–H groups in total. The third-order valence-electron chi connectivity index (χ3n) is 3.09. The van der Waals surface area contributed by atoms with Gasteiger partial charge in [-0.3, -0.25) is 25.0 Å². The van der Waals surface area contributed by atoms with Gasteiger partial charge in [-0.15, -0.1) is 0 Å². The molecule has 2 aromatic carbocycles. The van der Waals surface area contributed by atoms with E-state index in [1.807, 2.05) is 0 Å². The number of hydrogen-bond donors (Lipinski definition) is 1. The van der Waals surface area contributed by atoms with Gasteiger partial charge in [0.1, 0.15) is 0 Å². The molecular weight excluding hydrogens is 332 g/mol. The number of benzene rings is 2. The Kier molecular flexibility index (Phi) is 5.36. The van der Waals surface area contributed by atoms with Crippen molar-refractivity contribution in [1.29, 1.82) is 0 Å². The lowest BCUT2D eigenvalue weighted by molar-refractivity contribution is -0.403. The van der Waals surface area contributed by atoms with Crippen LogP contribution in [0.2, 0.25) is 0 Å². The first kappa shape index (κ1) is 17.5. The lowest BCUT2D eigenvalue weighted by Crippen LogP contribution is -2.19. The monoisotopic (exact) mass is 343 g/mol. The Bertz CT molecular complexity index is 851. The van der Waals surface area contributed by atoms with E-state index in [0.29, 0.717) is 6.07 Å². The number of nitrogens with zero attached hydrogens (tertiary/aromatic N) is 3. The van der Waals surface area contributed by atoms with Crippen molar-refractivity contribution >= 4 is 23.5 Å². The number of nitro groups is 2. The second kappa shape index (κ2) is 7.64. The van der Waals surface area contributed by atoms with Crippen LogP contribution in [0.4, 0.5) is 11.4 Å². The normalized spacial score (nSPS) is 10.6. The summed E-state index contributed by atoms with van der Waals surface area (Å²) >= 11 is 0. The van der Waals surface area contributed by atoms with Crippen molar-refractivity contribution in [2.24, 2.45) is 5.10 Å². The van der Waals surface area contributed by atoms with E-state index in [1.165, 1.54) is 0 Å². The summed E-state index contributed by atoms with van der Waals surface area (Å²) in [5.74, 6) is -1.51. The second-order valence-corrected chi connectivity index (χ2v) is 4.85. The van der Waals surface area contributed by atoms with Crippen molar-refractivity contribution in [2.45, 2.75) is 6.42 Å². The summed E-state index contributed by atoms with van der Waals surface area (Å²) in [7, 11) is 0. The molecule has 2 aromatic rings. The fourth-order valence-corrected chi connectivity index (χ4v) is 1.95. The Labute approximate surface area is 140 Å². The van der Waals surface area contributed by atoms with E-state index in [4.69, 9.17) is 0 Å². The zero-order chi connectivity index (χ0) is 18.4. The van der Waals surface area contributed by atoms with Gasteiger partial charge >= 0.3 is 0 Å². The molecule has 0 saturated heterocycles. The Morgan fingerprint density at radius 1 is 1.12 bits per heavy atom. The molecule has 128 valence electrons. The average Bonchev–Trinajstić information content (AvgIpc) is 2.56. The molecule has 10 heteroatoms. The molecular formula is C15H11N4O6-. The van der Waals surface area contributed by atoms with Gasteiger partial charge in [0.2, 0.25) is 5.91 Å². The summed E-state index contributed by atoms with van der Waals surface area (Å²) < 4.78 is 0. The lowest BCUT2D eigenvalue weighted by atomic mass is 10.1. The van der Waals surface area contributed by atoms with Crippen LogP contribution >= 0.6 is 0 Å². The fourth-order valence-electron chi connectivity index (χ4n) is 1.95. The van der Waals surface area contributed by atoms with Gasteiger partial charge in [0, 0.05) is 11.6 Å². The molecule has 0 bridgehead atoms.